The Bertz CT molecular complexity index is 1650. The van der Waals surface area contributed by atoms with Gasteiger partial charge in [0.2, 0.25) is 11.2 Å². The van der Waals surface area contributed by atoms with Gasteiger partial charge in [0, 0.05) is 42.5 Å². The van der Waals surface area contributed by atoms with Gasteiger partial charge in [-0.15, -0.1) is 0 Å². The Morgan fingerprint density at radius 1 is 0.643 bits per heavy atom. The minimum absolute atomic E-state index is 0.134. The van der Waals surface area contributed by atoms with Gasteiger partial charge in [-0.3, -0.25) is 14.8 Å². The molecule has 0 unspecified atom stereocenters. The van der Waals surface area contributed by atoms with Crippen LogP contribution in [0.5, 0.6) is 28.7 Å². The summed E-state index contributed by atoms with van der Waals surface area (Å²) < 4.78 is 15.2. The van der Waals surface area contributed by atoms with E-state index in [4.69, 9.17) is 13.9 Å². The normalized spacial score (nSPS) is 12.7. The lowest BCUT2D eigenvalue weighted by molar-refractivity contribution is -0.0334. The van der Waals surface area contributed by atoms with Gasteiger partial charge in [-0.2, -0.15) is 0 Å². The van der Waals surface area contributed by atoms with Crippen LogP contribution in [0.4, 0.5) is 0 Å². The summed E-state index contributed by atoms with van der Waals surface area (Å²) in [6.45, 7) is 3.11. The van der Waals surface area contributed by atoms with E-state index in [0.29, 0.717) is 0 Å². The molecule has 5 N–H and O–H groups in total. The molecule has 3 aromatic heterocycles. The number of phenolic OH excluding ortho intramolecular Hbond substituents is 4. The van der Waals surface area contributed by atoms with E-state index in [-0.39, 0.29) is 33.8 Å². The maximum atomic E-state index is 12.1. The molecule has 0 spiro atoms. The average Bonchev–Trinajstić information content (AvgIpc) is 3.01. The van der Waals surface area contributed by atoms with Crippen molar-refractivity contribution >= 4 is 23.1 Å². The zero-order chi connectivity index (χ0) is 29.9. The summed E-state index contributed by atoms with van der Waals surface area (Å²) in [5.74, 6) is -2.71. The lowest BCUT2D eigenvalue weighted by Gasteiger charge is -2.09. The fourth-order valence-corrected chi connectivity index (χ4v) is 3.72. The van der Waals surface area contributed by atoms with Crippen LogP contribution in [0.25, 0.3) is 34.4 Å². The van der Waals surface area contributed by atoms with Crippen LogP contribution in [0.2, 0.25) is 0 Å². The maximum absolute atomic E-state index is 12.1. The molecule has 0 atom stereocenters. The number of benzene rings is 2. The van der Waals surface area contributed by atoms with Crippen LogP contribution in [-0.4, -0.2) is 61.9 Å². The third-order valence-electron chi connectivity index (χ3n) is 5.80. The van der Waals surface area contributed by atoms with Gasteiger partial charge < -0.3 is 39.4 Å². The van der Waals surface area contributed by atoms with Crippen molar-refractivity contribution in [2.24, 2.45) is 0 Å². The Kier molecular flexibility index (Phi) is 10.1. The van der Waals surface area contributed by atoms with Crippen LogP contribution in [0.15, 0.2) is 88.6 Å². The van der Waals surface area contributed by atoms with E-state index >= 15 is 0 Å². The standard InChI is InChI=1S/C15H10O7.C12H10N2.C4H8O2/c16-7-4-10(19)12-11(5-7)22-15(14(21)13(12)20)6-1-2-8(17)9(18)3-6;1(11-3-7-13-8-4-11)2-12-5-9-14-10-6-12;1-2-6-4-3-5-1/h1-5,16-19,21H;1-10H;1-4H2/b;2-1+;. The number of nitrogens with zero attached hydrogens (tertiary/aromatic N) is 2. The van der Waals surface area contributed by atoms with E-state index in [1.807, 2.05) is 24.3 Å². The van der Waals surface area contributed by atoms with Crippen molar-refractivity contribution in [1.82, 2.24) is 9.97 Å². The number of phenols is 4. The number of aromatic hydroxyl groups is 5. The predicted octanol–water partition coefficient (Wildman–Crippen LogP) is 4.67. The average molecular weight is 573 g/mol. The molecule has 6 rings (SSSR count). The molecule has 0 aliphatic carbocycles. The first kappa shape index (κ1) is 29.6. The number of rotatable bonds is 3. The van der Waals surface area contributed by atoms with Crippen LogP contribution in [0, 0.1) is 0 Å². The first-order valence-electron chi connectivity index (χ1n) is 12.7. The monoisotopic (exact) mass is 572 g/mol. The molecule has 0 radical (unpaired) electrons. The van der Waals surface area contributed by atoms with E-state index < -0.39 is 22.7 Å². The molecular formula is C31H28N2O9. The number of hydrogen-bond donors (Lipinski definition) is 5. The first-order chi connectivity index (χ1) is 20.3. The molecule has 11 nitrogen and oxygen atoms in total. The minimum Gasteiger partial charge on any atom is -0.508 e. The van der Waals surface area contributed by atoms with Crippen molar-refractivity contribution in [3.8, 4) is 40.1 Å². The zero-order valence-corrected chi connectivity index (χ0v) is 22.3. The van der Waals surface area contributed by atoms with Crippen LogP contribution in [0.3, 0.4) is 0 Å². The Morgan fingerprint density at radius 2 is 1.19 bits per heavy atom. The highest BCUT2D eigenvalue weighted by atomic mass is 16.6. The smallest absolute Gasteiger partial charge is 0.238 e. The second-order valence-electron chi connectivity index (χ2n) is 8.77. The number of aromatic nitrogens is 2. The Morgan fingerprint density at radius 3 is 1.69 bits per heavy atom. The summed E-state index contributed by atoms with van der Waals surface area (Å²) in [5.41, 5.74) is 1.41. The number of pyridine rings is 2. The van der Waals surface area contributed by atoms with Gasteiger partial charge in [0.25, 0.3) is 0 Å². The number of fused-ring (bicyclic) bond motifs is 1. The molecule has 2 aromatic carbocycles. The van der Waals surface area contributed by atoms with E-state index in [2.05, 4.69) is 22.1 Å². The first-order valence-corrected chi connectivity index (χ1v) is 12.7. The zero-order valence-electron chi connectivity index (χ0n) is 22.3. The van der Waals surface area contributed by atoms with Gasteiger partial charge in [0.1, 0.15) is 22.5 Å². The summed E-state index contributed by atoms with van der Waals surface area (Å²) in [7, 11) is 0. The van der Waals surface area contributed by atoms with Gasteiger partial charge in [0.15, 0.2) is 17.3 Å². The molecule has 1 aliphatic rings. The van der Waals surface area contributed by atoms with Crippen LogP contribution < -0.4 is 5.43 Å². The quantitative estimate of drug-likeness (QED) is 0.190. The fraction of sp³-hybridized carbons (Fsp3) is 0.129. The summed E-state index contributed by atoms with van der Waals surface area (Å²) >= 11 is 0. The molecule has 216 valence electrons. The molecule has 0 bridgehead atoms. The largest absolute Gasteiger partial charge is 0.508 e. The highest BCUT2D eigenvalue weighted by Crippen LogP contribution is 2.37. The molecule has 0 saturated carbocycles. The Balaban J connectivity index is 0.000000171. The van der Waals surface area contributed by atoms with Gasteiger partial charge >= 0.3 is 0 Å². The molecule has 5 aromatic rings. The molecule has 4 heterocycles. The van der Waals surface area contributed by atoms with Crippen molar-refractivity contribution in [2.75, 3.05) is 26.4 Å². The summed E-state index contributed by atoms with van der Waals surface area (Å²) in [6, 6.07) is 13.5. The second-order valence-corrected chi connectivity index (χ2v) is 8.77. The highest BCUT2D eigenvalue weighted by molar-refractivity contribution is 5.88. The van der Waals surface area contributed by atoms with Gasteiger partial charge in [-0.05, 0) is 53.6 Å². The third kappa shape index (κ3) is 7.84. The van der Waals surface area contributed by atoms with Crippen molar-refractivity contribution in [2.45, 2.75) is 0 Å². The fourth-order valence-electron chi connectivity index (χ4n) is 3.72. The van der Waals surface area contributed by atoms with Crippen molar-refractivity contribution in [3.05, 3.63) is 101 Å². The van der Waals surface area contributed by atoms with E-state index in [1.54, 1.807) is 24.8 Å². The lowest BCUT2D eigenvalue weighted by Crippen LogP contribution is -2.16. The predicted molar refractivity (Wildman–Crippen MR) is 155 cm³/mol. The molecule has 42 heavy (non-hydrogen) atoms. The van der Waals surface area contributed by atoms with Crippen molar-refractivity contribution < 1.29 is 39.4 Å². The van der Waals surface area contributed by atoms with Gasteiger partial charge in [0.05, 0.1) is 26.4 Å². The second kappa shape index (κ2) is 14.3. The topological polar surface area (TPSA) is 176 Å². The molecule has 1 saturated heterocycles. The highest BCUT2D eigenvalue weighted by Gasteiger charge is 2.19. The van der Waals surface area contributed by atoms with Crippen molar-refractivity contribution in [1.29, 1.82) is 0 Å². The molecule has 1 fully saturated rings. The number of ether oxygens (including phenoxy) is 2. The van der Waals surface area contributed by atoms with Gasteiger partial charge in [-0.25, -0.2) is 0 Å². The third-order valence-corrected chi connectivity index (χ3v) is 5.80. The number of hydrogen-bond acceptors (Lipinski definition) is 11. The molecular weight excluding hydrogens is 544 g/mol. The van der Waals surface area contributed by atoms with Crippen molar-refractivity contribution in [3.63, 3.8) is 0 Å². The molecule has 1 aliphatic heterocycles. The van der Waals surface area contributed by atoms with E-state index in [1.165, 1.54) is 6.07 Å². The van der Waals surface area contributed by atoms with E-state index in [9.17, 15) is 30.3 Å². The summed E-state index contributed by atoms with van der Waals surface area (Å²) in [6.07, 6.45) is 11.2. The molecule has 0 amide bonds. The Labute approximate surface area is 239 Å². The van der Waals surface area contributed by atoms with Crippen LogP contribution >= 0.6 is 0 Å². The van der Waals surface area contributed by atoms with Gasteiger partial charge in [-0.1, -0.05) is 12.2 Å². The molecule has 11 heteroatoms. The van der Waals surface area contributed by atoms with E-state index in [0.717, 1.165) is 61.8 Å². The lowest BCUT2D eigenvalue weighted by atomic mass is 10.1. The maximum Gasteiger partial charge on any atom is 0.238 e. The SMILES string of the molecule is C(=C\c1ccncc1)/c1ccncc1.C1COCCO1.O=c1c(O)c(-c2ccc(O)c(O)c2)oc2cc(O)cc(O)c12. The summed E-state index contributed by atoms with van der Waals surface area (Å²) in [5, 5.41) is 47.6. The summed E-state index contributed by atoms with van der Waals surface area (Å²) in [4.78, 5) is 20.1. The minimum atomic E-state index is -0.888. The Hall–Kier alpha value is -5.39. The van der Waals surface area contributed by atoms with Crippen LogP contribution in [-0.2, 0) is 9.47 Å². The van der Waals surface area contributed by atoms with Crippen LogP contribution in [0.1, 0.15) is 11.1 Å².